The molecule has 1 aromatic carbocycles. The van der Waals surface area contributed by atoms with E-state index < -0.39 is 0 Å². The minimum Gasteiger partial charge on any atom is -0.508 e. The average molecular weight is 206 g/mol. The highest BCUT2D eigenvalue weighted by molar-refractivity contribution is 7.15. The molecule has 0 bridgehead atoms. The summed E-state index contributed by atoms with van der Waals surface area (Å²) in [6.07, 6.45) is 1.77. The lowest BCUT2D eigenvalue weighted by molar-refractivity contribution is 0.475. The van der Waals surface area contributed by atoms with Crippen molar-refractivity contribution in [3.63, 3.8) is 0 Å². The van der Waals surface area contributed by atoms with Gasteiger partial charge in [0.15, 0.2) is 0 Å². The molecule has 1 heterocycles. The predicted octanol–water partition coefficient (Wildman–Crippen LogP) is 1.97. The Bertz CT molecular complexity index is 439. The topological polar surface area (TPSA) is 59.1 Å². The highest BCUT2D eigenvalue weighted by Crippen LogP contribution is 2.27. The molecule has 0 saturated heterocycles. The zero-order valence-corrected chi connectivity index (χ0v) is 8.29. The van der Waals surface area contributed by atoms with E-state index in [2.05, 4.69) is 4.98 Å². The molecule has 2 aromatic rings. The van der Waals surface area contributed by atoms with Crippen molar-refractivity contribution in [1.29, 1.82) is 0 Å². The summed E-state index contributed by atoms with van der Waals surface area (Å²) in [5.74, 6) is 0.256. The lowest BCUT2D eigenvalue weighted by Crippen LogP contribution is -1.91. The van der Waals surface area contributed by atoms with Gasteiger partial charge in [-0.2, -0.15) is 0 Å². The quantitative estimate of drug-likeness (QED) is 0.789. The SMILES string of the molecule is NCc1cnc(-c2cccc(O)c2)s1. The van der Waals surface area contributed by atoms with Gasteiger partial charge in [0.05, 0.1) is 0 Å². The molecule has 0 unspecified atom stereocenters. The molecule has 4 heteroatoms. The number of nitrogens with zero attached hydrogens (tertiary/aromatic N) is 1. The Morgan fingerprint density at radius 3 is 2.93 bits per heavy atom. The van der Waals surface area contributed by atoms with Gasteiger partial charge in [-0.05, 0) is 12.1 Å². The van der Waals surface area contributed by atoms with Gasteiger partial charge in [0.2, 0.25) is 0 Å². The number of nitrogens with two attached hydrogens (primary N) is 1. The summed E-state index contributed by atoms with van der Waals surface area (Å²) in [5.41, 5.74) is 6.42. The van der Waals surface area contributed by atoms with Crippen molar-refractivity contribution in [2.45, 2.75) is 6.54 Å². The maximum absolute atomic E-state index is 9.29. The minimum absolute atomic E-state index is 0.256. The number of phenols is 1. The molecule has 72 valence electrons. The zero-order chi connectivity index (χ0) is 9.97. The van der Waals surface area contributed by atoms with Gasteiger partial charge in [-0.15, -0.1) is 11.3 Å². The molecule has 2 rings (SSSR count). The van der Waals surface area contributed by atoms with Crippen LogP contribution in [0.5, 0.6) is 5.75 Å². The summed E-state index contributed by atoms with van der Waals surface area (Å²) in [6, 6.07) is 7.05. The van der Waals surface area contributed by atoms with Crippen molar-refractivity contribution in [2.75, 3.05) is 0 Å². The van der Waals surface area contributed by atoms with Crippen LogP contribution in [0, 0.1) is 0 Å². The number of phenolic OH excluding ortho intramolecular Hbond substituents is 1. The van der Waals surface area contributed by atoms with Gasteiger partial charge in [0.25, 0.3) is 0 Å². The number of rotatable bonds is 2. The fourth-order valence-electron chi connectivity index (χ4n) is 1.17. The first-order chi connectivity index (χ1) is 6.79. The second-order valence-electron chi connectivity index (χ2n) is 2.89. The summed E-state index contributed by atoms with van der Waals surface area (Å²) < 4.78 is 0. The van der Waals surface area contributed by atoms with Crippen molar-refractivity contribution in [3.05, 3.63) is 35.3 Å². The first-order valence-corrected chi connectivity index (χ1v) is 5.05. The molecule has 0 aliphatic rings. The van der Waals surface area contributed by atoms with E-state index in [1.807, 2.05) is 6.07 Å². The van der Waals surface area contributed by atoms with Crippen LogP contribution in [0.2, 0.25) is 0 Å². The number of aromatic hydroxyl groups is 1. The van der Waals surface area contributed by atoms with Gasteiger partial charge < -0.3 is 10.8 Å². The van der Waals surface area contributed by atoms with E-state index in [9.17, 15) is 5.11 Å². The second kappa shape index (κ2) is 3.77. The van der Waals surface area contributed by atoms with Gasteiger partial charge in [0.1, 0.15) is 10.8 Å². The molecule has 3 nitrogen and oxygen atoms in total. The summed E-state index contributed by atoms with van der Waals surface area (Å²) in [7, 11) is 0. The van der Waals surface area contributed by atoms with Gasteiger partial charge in [0, 0.05) is 23.2 Å². The highest BCUT2D eigenvalue weighted by Gasteiger charge is 2.03. The van der Waals surface area contributed by atoms with Crippen molar-refractivity contribution < 1.29 is 5.11 Å². The van der Waals surface area contributed by atoms with Crippen LogP contribution in [0.3, 0.4) is 0 Å². The van der Waals surface area contributed by atoms with E-state index in [1.54, 1.807) is 35.7 Å². The standard InChI is InChI=1S/C10H10N2OS/c11-5-9-6-12-10(14-9)7-2-1-3-8(13)4-7/h1-4,6,13H,5,11H2. The van der Waals surface area contributed by atoms with Gasteiger partial charge in [-0.25, -0.2) is 4.98 Å². The lowest BCUT2D eigenvalue weighted by Gasteiger charge is -1.96. The van der Waals surface area contributed by atoms with Crippen LogP contribution in [0.1, 0.15) is 4.88 Å². The van der Waals surface area contributed by atoms with E-state index in [1.165, 1.54) is 0 Å². The lowest BCUT2D eigenvalue weighted by atomic mass is 10.2. The van der Waals surface area contributed by atoms with Crippen molar-refractivity contribution in [1.82, 2.24) is 4.98 Å². The number of aromatic nitrogens is 1. The third-order valence-corrected chi connectivity index (χ3v) is 2.92. The van der Waals surface area contributed by atoms with Crippen LogP contribution >= 0.6 is 11.3 Å². The Hall–Kier alpha value is -1.39. The Kier molecular flexibility index (Phi) is 2.47. The van der Waals surface area contributed by atoms with Gasteiger partial charge >= 0.3 is 0 Å². The van der Waals surface area contributed by atoms with E-state index in [0.29, 0.717) is 6.54 Å². The van der Waals surface area contributed by atoms with Crippen molar-refractivity contribution in [3.8, 4) is 16.3 Å². The normalized spacial score (nSPS) is 10.4. The largest absolute Gasteiger partial charge is 0.508 e. The maximum Gasteiger partial charge on any atom is 0.123 e. The zero-order valence-electron chi connectivity index (χ0n) is 7.47. The summed E-state index contributed by atoms with van der Waals surface area (Å²) in [5, 5.41) is 10.2. The van der Waals surface area contributed by atoms with Crippen LogP contribution < -0.4 is 5.73 Å². The van der Waals surface area contributed by atoms with Crippen LogP contribution in [0.4, 0.5) is 0 Å². The minimum atomic E-state index is 0.256. The number of hydrogen-bond donors (Lipinski definition) is 2. The molecular formula is C10H10N2OS. The van der Waals surface area contributed by atoms with Gasteiger partial charge in [-0.1, -0.05) is 12.1 Å². The number of hydrogen-bond acceptors (Lipinski definition) is 4. The van der Waals surface area contributed by atoms with E-state index in [0.717, 1.165) is 15.4 Å². The molecule has 0 radical (unpaired) electrons. The first kappa shape index (κ1) is 9.18. The predicted molar refractivity (Wildman–Crippen MR) is 57.1 cm³/mol. The summed E-state index contributed by atoms with van der Waals surface area (Å²) in [4.78, 5) is 5.27. The summed E-state index contributed by atoms with van der Waals surface area (Å²) in [6.45, 7) is 0.510. The van der Waals surface area contributed by atoms with Crippen LogP contribution in [-0.2, 0) is 6.54 Å². The molecule has 0 saturated carbocycles. The smallest absolute Gasteiger partial charge is 0.123 e. The third-order valence-electron chi connectivity index (χ3n) is 1.85. The Balaban J connectivity index is 2.39. The Morgan fingerprint density at radius 1 is 1.43 bits per heavy atom. The number of benzene rings is 1. The molecule has 0 amide bonds. The molecule has 0 fully saturated rings. The van der Waals surface area contributed by atoms with Crippen molar-refractivity contribution in [2.24, 2.45) is 5.73 Å². The van der Waals surface area contributed by atoms with Gasteiger partial charge in [-0.3, -0.25) is 0 Å². The Morgan fingerprint density at radius 2 is 2.29 bits per heavy atom. The highest BCUT2D eigenvalue weighted by atomic mass is 32.1. The molecule has 0 aliphatic heterocycles. The van der Waals surface area contributed by atoms with E-state index >= 15 is 0 Å². The summed E-state index contributed by atoms with van der Waals surface area (Å²) >= 11 is 1.55. The van der Waals surface area contributed by atoms with Crippen LogP contribution in [-0.4, -0.2) is 10.1 Å². The van der Waals surface area contributed by atoms with E-state index in [-0.39, 0.29) is 5.75 Å². The first-order valence-electron chi connectivity index (χ1n) is 4.24. The second-order valence-corrected chi connectivity index (χ2v) is 4.00. The average Bonchev–Trinajstić information content (AvgIpc) is 2.66. The van der Waals surface area contributed by atoms with E-state index in [4.69, 9.17) is 5.73 Å². The fraction of sp³-hybridized carbons (Fsp3) is 0.100. The molecular weight excluding hydrogens is 196 g/mol. The van der Waals surface area contributed by atoms with Crippen molar-refractivity contribution >= 4 is 11.3 Å². The van der Waals surface area contributed by atoms with Crippen LogP contribution in [0.25, 0.3) is 10.6 Å². The molecule has 0 spiro atoms. The molecule has 0 aliphatic carbocycles. The molecule has 1 aromatic heterocycles. The third kappa shape index (κ3) is 1.76. The Labute approximate surface area is 85.8 Å². The molecule has 3 N–H and O–H groups in total. The fourth-order valence-corrected chi connectivity index (χ4v) is 1.96. The monoisotopic (exact) mass is 206 g/mol. The number of thiazole rings is 1. The van der Waals surface area contributed by atoms with Crippen LogP contribution in [0.15, 0.2) is 30.5 Å². The molecule has 14 heavy (non-hydrogen) atoms. The molecule has 0 atom stereocenters. The maximum atomic E-state index is 9.29.